The van der Waals surface area contributed by atoms with Gasteiger partial charge in [0.15, 0.2) is 0 Å². The van der Waals surface area contributed by atoms with Crippen LogP contribution in [0, 0.1) is 6.92 Å². The van der Waals surface area contributed by atoms with Crippen molar-refractivity contribution >= 4 is 34.7 Å². The average Bonchev–Trinajstić information content (AvgIpc) is 3.11. The van der Waals surface area contributed by atoms with Gasteiger partial charge in [-0.3, -0.25) is 14.5 Å². The van der Waals surface area contributed by atoms with Crippen LogP contribution >= 0.6 is 11.6 Å². The molecule has 0 aliphatic carbocycles. The molecule has 0 saturated carbocycles. The zero-order valence-corrected chi connectivity index (χ0v) is 19.8. The number of aryl methyl sites for hydroxylation is 1. The summed E-state index contributed by atoms with van der Waals surface area (Å²) in [6.07, 6.45) is 0. The van der Waals surface area contributed by atoms with Gasteiger partial charge in [0, 0.05) is 11.3 Å². The van der Waals surface area contributed by atoms with Gasteiger partial charge in [0.25, 0.3) is 11.7 Å². The Hall–Kier alpha value is -3.77. The molecule has 174 valence electrons. The van der Waals surface area contributed by atoms with E-state index in [1.807, 2.05) is 26.0 Å². The number of carbonyl (C=O) groups is 2. The van der Waals surface area contributed by atoms with Crippen molar-refractivity contribution in [2.75, 3.05) is 18.6 Å². The third-order valence-corrected chi connectivity index (χ3v) is 6.05. The van der Waals surface area contributed by atoms with Gasteiger partial charge >= 0.3 is 0 Å². The molecule has 0 aromatic heterocycles. The predicted octanol–water partition coefficient (Wildman–Crippen LogP) is 5.68. The van der Waals surface area contributed by atoms with Crippen LogP contribution in [-0.2, 0) is 9.59 Å². The number of aliphatic hydroxyl groups is 1. The number of rotatable bonds is 6. The highest BCUT2D eigenvalue weighted by molar-refractivity contribution is 6.51. The van der Waals surface area contributed by atoms with Crippen LogP contribution in [-0.4, -0.2) is 30.5 Å². The van der Waals surface area contributed by atoms with Gasteiger partial charge in [-0.1, -0.05) is 41.9 Å². The fourth-order valence-electron chi connectivity index (χ4n) is 4.11. The van der Waals surface area contributed by atoms with Gasteiger partial charge in [0.05, 0.1) is 30.4 Å². The number of hydrogen-bond donors (Lipinski definition) is 1. The third-order valence-electron chi connectivity index (χ3n) is 5.73. The predicted molar refractivity (Wildman–Crippen MR) is 132 cm³/mol. The summed E-state index contributed by atoms with van der Waals surface area (Å²) in [5.41, 5.74) is 2.34. The number of ketones is 1. The molecule has 1 heterocycles. The fourth-order valence-corrected chi connectivity index (χ4v) is 4.29. The average molecular weight is 478 g/mol. The SMILES string of the molecule is CCOc1cc(/C(O)=C2/C(=O)C(=O)N(c3ccccc3C)C2c2cccc(OC)c2)ccc1Cl. The van der Waals surface area contributed by atoms with Crippen LogP contribution in [0.2, 0.25) is 5.02 Å². The quantitative estimate of drug-likeness (QED) is 0.281. The highest BCUT2D eigenvalue weighted by Gasteiger charge is 2.47. The van der Waals surface area contributed by atoms with E-state index < -0.39 is 17.7 Å². The summed E-state index contributed by atoms with van der Waals surface area (Å²) >= 11 is 6.20. The second-order valence-corrected chi connectivity index (χ2v) is 8.22. The molecule has 3 aromatic carbocycles. The molecule has 0 bridgehead atoms. The fraction of sp³-hybridized carbons (Fsp3) is 0.185. The number of hydrogen-bond acceptors (Lipinski definition) is 5. The van der Waals surface area contributed by atoms with E-state index in [0.29, 0.717) is 39.9 Å². The van der Waals surface area contributed by atoms with Gasteiger partial charge < -0.3 is 14.6 Å². The Labute approximate surface area is 203 Å². The monoisotopic (exact) mass is 477 g/mol. The van der Waals surface area contributed by atoms with Gasteiger partial charge in [0.2, 0.25) is 0 Å². The first-order chi connectivity index (χ1) is 16.4. The Morgan fingerprint density at radius 3 is 2.53 bits per heavy atom. The molecule has 1 N–H and O–H groups in total. The number of amides is 1. The molecule has 1 unspecified atom stereocenters. The molecule has 34 heavy (non-hydrogen) atoms. The zero-order chi connectivity index (χ0) is 24.4. The maximum absolute atomic E-state index is 13.3. The molecule has 1 atom stereocenters. The normalized spacial score (nSPS) is 17.2. The molecule has 7 heteroatoms. The second-order valence-electron chi connectivity index (χ2n) is 7.81. The molecule has 1 amide bonds. The van der Waals surface area contributed by atoms with Crippen LogP contribution in [0.25, 0.3) is 5.76 Å². The lowest BCUT2D eigenvalue weighted by atomic mass is 9.94. The van der Waals surface area contributed by atoms with Gasteiger partial charge in [-0.05, 0) is 61.4 Å². The van der Waals surface area contributed by atoms with Crippen LogP contribution in [0.3, 0.4) is 0 Å². The summed E-state index contributed by atoms with van der Waals surface area (Å²) in [7, 11) is 1.54. The molecule has 1 fully saturated rings. The van der Waals surface area contributed by atoms with E-state index in [-0.39, 0.29) is 11.3 Å². The molecular formula is C27H24ClNO5. The van der Waals surface area contributed by atoms with E-state index in [2.05, 4.69) is 0 Å². The molecule has 1 saturated heterocycles. The summed E-state index contributed by atoms with van der Waals surface area (Å²) in [6, 6.07) is 18.3. The van der Waals surface area contributed by atoms with E-state index in [1.165, 1.54) is 4.90 Å². The Bertz CT molecular complexity index is 1300. The van der Waals surface area contributed by atoms with Crippen molar-refractivity contribution in [3.63, 3.8) is 0 Å². The second kappa shape index (κ2) is 9.61. The van der Waals surface area contributed by atoms with Crippen LogP contribution in [0.4, 0.5) is 5.69 Å². The molecule has 3 aromatic rings. The van der Waals surface area contributed by atoms with Gasteiger partial charge in [-0.25, -0.2) is 0 Å². The van der Waals surface area contributed by atoms with Crippen LogP contribution in [0.1, 0.15) is 29.7 Å². The lowest BCUT2D eigenvalue weighted by Crippen LogP contribution is -2.30. The van der Waals surface area contributed by atoms with Crippen LogP contribution < -0.4 is 14.4 Å². The summed E-state index contributed by atoms with van der Waals surface area (Å²) in [4.78, 5) is 28.1. The molecule has 0 radical (unpaired) electrons. The number of aliphatic hydroxyl groups excluding tert-OH is 1. The summed E-state index contributed by atoms with van der Waals surface area (Å²) in [6.45, 7) is 4.07. The van der Waals surface area contributed by atoms with E-state index >= 15 is 0 Å². The van der Waals surface area contributed by atoms with Gasteiger partial charge in [-0.2, -0.15) is 0 Å². The summed E-state index contributed by atoms with van der Waals surface area (Å²) < 4.78 is 10.9. The first kappa shape index (κ1) is 23.4. The van der Waals surface area contributed by atoms with Crippen LogP contribution in [0.15, 0.2) is 72.3 Å². The van der Waals surface area contributed by atoms with E-state index in [1.54, 1.807) is 61.7 Å². The van der Waals surface area contributed by atoms with Crippen molar-refractivity contribution in [3.8, 4) is 11.5 Å². The lowest BCUT2D eigenvalue weighted by molar-refractivity contribution is -0.132. The van der Waals surface area contributed by atoms with Crippen molar-refractivity contribution in [1.29, 1.82) is 0 Å². The summed E-state index contributed by atoms with van der Waals surface area (Å²) in [5, 5.41) is 11.7. The molecule has 1 aliphatic heterocycles. The van der Waals surface area contributed by atoms with Crippen molar-refractivity contribution in [2.24, 2.45) is 0 Å². The highest BCUT2D eigenvalue weighted by atomic mass is 35.5. The number of nitrogens with zero attached hydrogens (tertiary/aromatic N) is 1. The first-order valence-corrected chi connectivity index (χ1v) is 11.2. The smallest absolute Gasteiger partial charge is 0.300 e. The number of halogens is 1. The Kier molecular flexibility index (Phi) is 6.61. The number of benzene rings is 3. The Morgan fingerprint density at radius 2 is 1.82 bits per heavy atom. The number of Topliss-reactive ketones (excluding diaryl/α,β-unsaturated/α-hetero) is 1. The number of carbonyl (C=O) groups excluding carboxylic acids is 2. The minimum atomic E-state index is -0.859. The van der Waals surface area contributed by atoms with Crippen molar-refractivity contribution < 1.29 is 24.2 Å². The largest absolute Gasteiger partial charge is 0.507 e. The molecule has 1 aliphatic rings. The molecule has 4 rings (SSSR count). The number of anilines is 1. The standard InChI is InChI=1S/C27H24ClNO5/c1-4-34-22-15-18(12-13-20(22)28)25(30)23-24(17-9-7-10-19(14-17)33-3)29(27(32)26(23)31)21-11-6-5-8-16(21)2/h5-15,24,30H,4H2,1-3H3/b25-23-. The van der Waals surface area contributed by atoms with Gasteiger partial charge in [0.1, 0.15) is 17.3 Å². The van der Waals surface area contributed by atoms with Crippen molar-refractivity contribution in [2.45, 2.75) is 19.9 Å². The van der Waals surface area contributed by atoms with Crippen molar-refractivity contribution in [3.05, 3.63) is 94.0 Å². The van der Waals surface area contributed by atoms with E-state index in [9.17, 15) is 14.7 Å². The minimum Gasteiger partial charge on any atom is -0.507 e. The number of ether oxygens (including phenoxy) is 2. The van der Waals surface area contributed by atoms with E-state index in [0.717, 1.165) is 5.56 Å². The van der Waals surface area contributed by atoms with Crippen molar-refractivity contribution in [1.82, 2.24) is 0 Å². The first-order valence-electron chi connectivity index (χ1n) is 10.8. The lowest BCUT2D eigenvalue weighted by Gasteiger charge is -2.27. The molecule has 0 spiro atoms. The number of para-hydroxylation sites is 1. The maximum Gasteiger partial charge on any atom is 0.300 e. The third kappa shape index (κ3) is 4.13. The van der Waals surface area contributed by atoms with Crippen LogP contribution in [0.5, 0.6) is 11.5 Å². The van der Waals surface area contributed by atoms with Gasteiger partial charge in [-0.15, -0.1) is 0 Å². The topological polar surface area (TPSA) is 76.1 Å². The Morgan fingerprint density at radius 1 is 1.06 bits per heavy atom. The van der Waals surface area contributed by atoms with E-state index in [4.69, 9.17) is 21.1 Å². The highest BCUT2D eigenvalue weighted by Crippen LogP contribution is 2.44. The number of methoxy groups -OCH3 is 1. The minimum absolute atomic E-state index is 0.0220. The maximum atomic E-state index is 13.3. The Balaban J connectivity index is 1.96. The summed E-state index contributed by atoms with van der Waals surface area (Å²) in [5.74, 6) is -0.860. The molecule has 6 nitrogen and oxygen atoms in total. The molecular weight excluding hydrogens is 454 g/mol. The zero-order valence-electron chi connectivity index (χ0n) is 19.0.